The number of hydrogen-bond acceptors (Lipinski definition) is 0. The minimum absolute atomic E-state index is 1.33. The maximum atomic E-state index is 2.16. The van der Waals surface area contributed by atoms with Crippen LogP contribution >= 0.6 is 0 Å². The predicted octanol–water partition coefficient (Wildman–Crippen LogP) is 0.261. The number of aryl methyl sites for hydroxylation is 2. The molecule has 60 valence electrons. The monoisotopic (exact) mass is 152 g/mol. The highest BCUT2D eigenvalue weighted by molar-refractivity contribution is 5.13. The van der Waals surface area contributed by atoms with Gasteiger partial charge in [0.1, 0.15) is 14.1 Å². The second-order valence-corrected chi connectivity index (χ2v) is 3.13. The van der Waals surface area contributed by atoms with Gasteiger partial charge in [-0.25, -0.2) is 0 Å². The fraction of sp³-hybridized carbons (Fsp3) is 0.556. The second-order valence-electron chi connectivity index (χ2n) is 3.13. The quantitative estimate of drug-likeness (QED) is 0.471. The van der Waals surface area contributed by atoms with E-state index in [1.165, 1.54) is 17.0 Å². The van der Waals surface area contributed by atoms with Crippen LogP contribution in [0.25, 0.3) is 0 Å². The summed E-state index contributed by atoms with van der Waals surface area (Å²) in [6, 6.07) is 0. The average molecular weight is 152 g/mol. The molecule has 2 heteroatoms. The van der Waals surface area contributed by atoms with Gasteiger partial charge in [-0.3, -0.25) is 0 Å². The Morgan fingerprint density at radius 1 is 0.909 bits per heavy atom. The van der Waals surface area contributed by atoms with Crippen LogP contribution in [0.1, 0.15) is 17.0 Å². The van der Waals surface area contributed by atoms with E-state index in [1.807, 2.05) is 0 Å². The van der Waals surface area contributed by atoms with E-state index in [4.69, 9.17) is 0 Å². The summed E-state index contributed by atoms with van der Waals surface area (Å²) in [5, 5.41) is 0. The Hall–Kier alpha value is -0.920. The average Bonchev–Trinajstić information content (AvgIpc) is 1.97. The van der Waals surface area contributed by atoms with Crippen LogP contribution in [0.2, 0.25) is 0 Å². The molecule has 1 aromatic rings. The lowest BCUT2D eigenvalue weighted by Crippen LogP contribution is -2.47. The third-order valence-electron chi connectivity index (χ3n) is 2.49. The van der Waals surface area contributed by atoms with Gasteiger partial charge in [-0.05, 0) is 6.92 Å². The predicted molar refractivity (Wildman–Crippen MR) is 43.0 cm³/mol. The fourth-order valence-electron chi connectivity index (χ4n) is 1.22. The summed E-state index contributed by atoms with van der Waals surface area (Å²) in [7, 11) is 4.14. The van der Waals surface area contributed by atoms with Crippen molar-refractivity contribution in [2.24, 2.45) is 14.1 Å². The minimum Gasteiger partial charge on any atom is -0.149 e. The molecule has 0 spiro atoms. The zero-order valence-corrected chi connectivity index (χ0v) is 7.97. The minimum atomic E-state index is 1.33. The normalized spacial score (nSPS) is 10.3. The largest absolute Gasteiger partial charge is 0.406 e. The molecule has 0 aliphatic rings. The molecule has 1 aromatic heterocycles. The van der Waals surface area contributed by atoms with Gasteiger partial charge in [0.2, 0.25) is 0 Å². The van der Waals surface area contributed by atoms with Crippen LogP contribution in [-0.4, -0.2) is 0 Å². The van der Waals surface area contributed by atoms with Crippen molar-refractivity contribution in [2.75, 3.05) is 0 Å². The molecule has 0 atom stereocenters. The Labute approximate surface area is 68.1 Å². The van der Waals surface area contributed by atoms with Crippen LogP contribution in [0.4, 0.5) is 0 Å². The van der Waals surface area contributed by atoms with Gasteiger partial charge in [-0.2, -0.15) is 0 Å². The van der Waals surface area contributed by atoms with Gasteiger partial charge in [0.25, 0.3) is 0 Å². The Bertz CT molecular complexity index is 264. The molecular formula is C9H16N2+2. The summed E-state index contributed by atoms with van der Waals surface area (Å²) >= 11 is 0. The lowest BCUT2D eigenvalue weighted by Gasteiger charge is -1.98. The second kappa shape index (κ2) is 2.61. The van der Waals surface area contributed by atoms with Gasteiger partial charge in [0, 0.05) is 13.8 Å². The molecule has 0 aromatic carbocycles. The van der Waals surface area contributed by atoms with E-state index in [2.05, 4.69) is 50.3 Å². The summed E-state index contributed by atoms with van der Waals surface area (Å²) in [5.41, 5.74) is 4.04. The molecule has 0 aliphatic heterocycles. The van der Waals surface area contributed by atoms with Crippen molar-refractivity contribution in [3.8, 4) is 0 Å². The molecule has 1 heterocycles. The van der Waals surface area contributed by atoms with Crippen molar-refractivity contribution in [3.63, 3.8) is 0 Å². The smallest absolute Gasteiger partial charge is 0.149 e. The van der Waals surface area contributed by atoms with Crippen LogP contribution in [0.15, 0.2) is 6.33 Å². The Balaban J connectivity index is 3.46. The third-order valence-corrected chi connectivity index (χ3v) is 2.49. The molecule has 0 saturated heterocycles. The Morgan fingerprint density at radius 3 is 1.64 bits per heavy atom. The van der Waals surface area contributed by atoms with Gasteiger partial charge in [-0.15, -0.1) is 9.13 Å². The van der Waals surface area contributed by atoms with Crippen molar-refractivity contribution < 1.29 is 9.13 Å². The summed E-state index contributed by atoms with van der Waals surface area (Å²) < 4.78 is 4.28. The number of hydrogen-bond donors (Lipinski definition) is 0. The molecule has 2 nitrogen and oxygen atoms in total. The summed E-state index contributed by atoms with van der Waals surface area (Å²) in [6.07, 6.45) is 2.09. The highest BCUT2D eigenvalue weighted by Gasteiger charge is 2.15. The van der Waals surface area contributed by atoms with Crippen molar-refractivity contribution in [1.82, 2.24) is 0 Å². The number of rotatable bonds is 0. The van der Waals surface area contributed by atoms with Gasteiger partial charge in [0.05, 0.1) is 5.56 Å². The number of aromatic nitrogens is 2. The zero-order valence-electron chi connectivity index (χ0n) is 7.97. The van der Waals surface area contributed by atoms with Crippen molar-refractivity contribution in [2.45, 2.75) is 20.8 Å². The number of nitrogens with zero attached hydrogens (tertiary/aromatic N) is 2. The van der Waals surface area contributed by atoms with Gasteiger partial charge >= 0.3 is 6.33 Å². The molecule has 0 unspecified atom stereocenters. The van der Waals surface area contributed by atoms with E-state index < -0.39 is 0 Å². The zero-order chi connectivity index (χ0) is 8.59. The Morgan fingerprint density at radius 2 is 1.27 bits per heavy atom. The first-order valence-corrected chi connectivity index (χ1v) is 3.86. The molecule has 1 rings (SSSR count). The molecule has 0 aliphatic carbocycles. The van der Waals surface area contributed by atoms with Crippen LogP contribution < -0.4 is 9.13 Å². The van der Waals surface area contributed by atoms with Gasteiger partial charge < -0.3 is 0 Å². The first-order chi connectivity index (χ1) is 5.04. The van der Waals surface area contributed by atoms with Crippen molar-refractivity contribution in [3.05, 3.63) is 23.3 Å². The van der Waals surface area contributed by atoms with Crippen LogP contribution in [0.3, 0.4) is 0 Å². The highest BCUT2D eigenvalue weighted by Crippen LogP contribution is 2.00. The molecule has 0 N–H and O–H groups in total. The van der Waals surface area contributed by atoms with Gasteiger partial charge in [0.15, 0.2) is 11.4 Å². The molecule has 0 bridgehead atoms. The molecule has 0 amide bonds. The molecule has 11 heavy (non-hydrogen) atoms. The van der Waals surface area contributed by atoms with E-state index in [0.717, 1.165) is 0 Å². The first kappa shape index (κ1) is 8.18. The van der Waals surface area contributed by atoms with E-state index in [1.54, 1.807) is 0 Å². The fourth-order valence-corrected chi connectivity index (χ4v) is 1.22. The van der Waals surface area contributed by atoms with E-state index >= 15 is 0 Å². The highest BCUT2D eigenvalue weighted by atomic mass is 15.1. The lowest BCUT2D eigenvalue weighted by atomic mass is 10.2. The van der Waals surface area contributed by atoms with E-state index in [9.17, 15) is 0 Å². The SMILES string of the molecule is Cc1c(C)[n+](C)c[n+](C)c1C. The van der Waals surface area contributed by atoms with Crippen molar-refractivity contribution >= 4 is 0 Å². The van der Waals surface area contributed by atoms with E-state index in [0.29, 0.717) is 0 Å². The molecule has 0 radical (unpaired) electrons. The summed E-state index contributed by atoms with van der Waals surface area (Å²) in [4.78, 5) is 0. The standard InChI is InChI=1S/C9H16N2/c1-7-8(2)10(4)6-11(5)9(7)3/h6H,1-5H3/q+2. The topological polar surface area (TPSA) is 7.76 Å². The maximum Gasteiger partial charge on any atom is 0.406 e. The van der Waals surface area contributed by atoms with Crippen LogP contribution in [0.5, 0.6) is 0 Å². The molecule has 0 fully saturated rings. The molecule has 0 saturated carbocycles. The summed E-state index contributed by atoms with van der Waals surface area (Å²) in [6.45, 7) is 6.44. The lowest BCUT2D eigenvalue weighted by molar-refractivity contribution is -0.811. The van der Waals surface area contributed by atoms with Crippen molar-refractivity contribution in [1.29, 1.82) is 0 Å². The van der Waals surface area contributed by atoms with E-state index in [-0.39, 0.29) is 0 Å². The first-order valence-electron chi connectivity index (χ1n) is 3.86. The summed E-state index contributed by atoms with van der Waals surface area (Å²) in [5.74, 6) is 0. The molecular weight excluding hydrogens is 136 g/mol. The third kappa shape index (κ3) is 1.25. The maximum absolute atomic E-state index is 2.16. The van der Waals surface area contributed by atoms with Crippen LogP contribution in [0, 0.1) is 20.8 Å². The Kier molecular flexibility index (Phi) is 1.94. The van der Waals surface area contributed by atoms with Gasteiger partial charge in [-0.1, -0.05) is 0 Å². The van der Waals surface area contributed by atoms with Crippen LogP contribution in [-0.2, 0) is 14.1 Å².